The summed E-state index contributed by atoms with van der Waals surface area (Å²) in [6, 6.07) is 5.34. The van der Waals surface area contributed by atoms with Crippen LogP contribution in [0.1, 0.15) is 9.75 Å². The van der Waals surface area contributed by atoms with Crippen molar-refractivity contribution in [1.82, 2.24) is 9.55 Å². The van der Waals surface area contributed by atoms with Gasteiger partial charge in [0.2, 0.25) is 0 Å². The van der Waals surface area contributed by atoms with E-state index < -0.39 is 0 Å². The summed E-state index contributed by atoms with van der Waals surface area (Å²) in [6.45, 7) is 0.886. The molecule has 5 heteroatoms. The number of nitrogens with zero attached hydrogens (tertiary/aromatic N) is 2. The molecular formula is C12H11N3OS. The van der Waals surface area contributed by atoms with Crippen LogP contribution in [0.5, 0.6) is 0 Å². The Labute approximate surface area is 103 Å². The zero-order valence-corrected chi connectivity index (χ0v) is 9.91. The highest BCUT2D eigenvalue weighted by Gasteiger charge is 2.00. The van der Waals surface area contributed by atoms with E-state index >= 15 is 0 Å². The summed E-state index contributed by atoms with van der Waals surface area (Å²) in [5.41, 5.74) is 5.25. The van der Waals surface area contributed by atoms with Gasteiger partial charge in [0.1, 0.15) is 0 Å². The third kappa shape index (κ3) is 3.03. The summed E-state index contributed by atoms with van der Waals surface area (Å²) in [7, 11) is 0. The van der Waals surface area contributed by atoms with Gasteiger partial charge in [0.15, 0.2) is 0 Å². The maximum absolute atomic E-state index is 11.5. The van der Waals surface area contributed by atoms with Gasteiger partial charge < -0.3 is 5.73 Å². The lowest BCUT2D eigenvalue weighted by Crippen LogP contribution is -2.18. The van der Waals surface area contributed by atoms with Crippen molar-refractivity contribution in [3.8, 4) is 11.8 Å². The molecule has 2 aromatic rings. The largest absolute Gasteiger partial charge is 0.320 e. The first kappa shape index (κ1) is 11.6. The van der Waals surface area contributed by atoms with Crippen LogP contribution in [0.15, 0.2) is 35.5 Å². The summed E-state index contributed by atoms with van der Waals surface area (Å²) in [5.74, 6) is 5.77. The van der Waals surface area contributed by atoms with Gasteiger partial charge in [-0.25, -0.2) is 4.98 Å². The molecule has 86 valence electrons. The molecule has 0 fully saturated rings. The summed E-state index contributed by atoms with van der Waals surface area (Å²) in [4.78, 5) is 17.4. The molecule has 0 aromatic carbocycles. The minimum atomic E-state index is -0.0528. The molecule has 2 aromatic heterocycles. The minimum Gasteiger partial charge on any atom is -0.320 e. The number of hydrogen-bond acceptors (Lipinski definition) is 4. The van der Waals surface area contributed by atoms with Crippen LogP contribution in [-0.4, -0.2) is 16.1 Å². The number of aromatic nitrogens is 2. The second-order valence-electron chi connectivity index (χ2n) is 3.32. The molecule has 2 rings (SSSR count). The summed E-state index contributed by atoms with van der Waals surface area (Å²) in [6.07, 6.45) is 3.03. The Morgan fingerprint density at radius 3 is 3.06 bits per heavy atom. The van der Waals surface area contributed by atoms with E-state index in [1.807, 2.05) is 12.1 Å². The molecule has 0 amide bonds. The van der Waals surface area contributed by atoms with E-state index in [2.05, 4.69) is 16.8 Å². The van der Waals surface area contributed by atoms with E-state index in [1.54, 1.807) is 15.9 Å². The average molecular weight is 245 g/mol. The summed E-state index contributed by atoms with van der Waals surface area (Å²) >= 11 is 1.56. The molecule has 0 saturated carbocycles. The van der Waals surface area contributed by atoms with Gasteiger partial charge in [0.05, 0.1) is 24.3 Å². The lowest BCUT2D eigenvalue weighted by atomic mass is 10.4. The number of thiophene rings is 1. The fourth-order valence-electron chi connectivity index (χ4n) is 1.33. The van der Waals surface area contributed by atoms with Gasteiger partial charge in [-0.3, -0.25) is 9.36 Å². The van der Waals surface area contributed by atoms with Crippen molar-refractivity contribution in [2.24, 2.45) is 5.73 Å². The van der Waals surface area contributed by atoms with Gasteiger partial charge in [-0.1, -0.05) is 11.8 Å². The maximum atomic E-state index is 11.5. The van der Waals surface area contributed by atoms with Crippen molar-refractivity contribution >= 4 is 11.3 Å². The molecule has 0 bridgehead atoms. The molecule has 4 nitrogen and oxygen atoms in total. The highest BCUT2D eigenvalue weighted by Crippen LogP contribution is 2.15. The SMILES string of the molecule is NCC#Cc1ccc(Cn2cnccc2=O)s1. The molecule has 0 radical (unpaired) electrons. The smallest absolute Gasteiger partial charge is 0.253 e. The Morgan fingerprint density at radius 1 is 1.41 bits per heavy atom. The predicted octanol–water partition coefficient (Wildman–Crippen LogP) is 0.663. The van der Waals surface area contributed by atoms with Crippen LogP contribution in [0.25, 0.3) is 0 Å². The van der Waals surface area contributed by atoms with Gasteiger partial charge in [-0.05, 0) is 12.1 Å². The van der Waals surface area contributed by atoms with E-state index in [1.165, 1.54) is 18.6 Å². The lowest BCUT2D eigenvalue weighted by molar-refractivity contribution is 0.745. The zero-order chi connectivity index (χ0) is 12.1. The van der Waals surface area contributed by atoms with Crippen LogP contribution in [0.2, 0.25) is 0 Å². The van der Waals surface area contributed by atoms with Crippen LogP contribution in [-0.2, 0) is 6.54 Å². The van der Waals surface area contributed by atoms with E-state index in [-0.39, 0.29) is 5.56 Å². The Bertz CT molecular complexity index is 618. The van der Waals surface area contributed by atoms with Crippen molar-refractivity contribution in [2.75, 3.05) is 6.54 Å². The second-order valence-corrected chi connectivity index (χ2v) is 4.49. The van der Waals surface area contributed by atoms with Crippen molar-refractivity contribution < 1.29 is 0 Å². The second kappa shape index (κ2) is 5.43. The highest BCUT2D eigenvalue weighted by atomic mass is 32.1. The summed E-state index contributed by atoms with van der Waals surface area (Å²) < 4.78 is 1.56. The normalized spacial score (nSPS) is 9.71. The predicted molar refractivity (Wildman–Crippen MR) is 67.9 cm³/mol. The quantitative estimate of drug-likeness (QED) is 0.791. The topological polar surface area (TPSA) is 60.9 Å². The molecule has 0 aliphatic rings. The van der Waals surface area contributed by atoms with E-state index in [0.717, 1.165) is 9.75 Å². The monoisotopic (exact) mass is 245 g/mol. The molecular weight excluding hydrogens is 234 g/mol. The standard InChI is InChI=1S/C12H11N3OS/c13-6-1-2-10-3-4-11(17-10)8-15-9-14-7-5-12(15)16/h3-5,7,9H,6,8,13H2. The fraction of sp³-hybridized carbons (Fsp3) is 0.167. The van der Waals surface area contributed by atoms with Crippen LogP contribution in [0.3, 0.4) is 0 Å². The number of nitrogens with two attached hydrogens (primary N) is 1. The first-order chi connectivity index (χ1) is 8.29. The van der Waals surface area contributed by atoms with Crippen molar-refractivity contribution in [3.05, 3.63) is 50.8 Å². The van der Waals surface area contributed by atoms with Crippen molar-refractivity contribution in [3.63, 3.8) is 0 Å². The Kier molecular flexibility index (Phi) is 3.70. The molecule has 0 aliphatic carbocycles. The molecule has 0 atom stereocenters. The first-order valence-electron chi connectivity index (χ1n) is 5.07. The van der Waals surface area contributed by atoms with Crippen molar-refractivity contribution in [2.45, 2.75) is 6.54 Å². The third-order valence-electron chi connectivity index (χ3n) is 2.09. The number of rotatable bonds is 2. The fourth-order valence-corrected chi connectivity index (χ4v) is 2.21. The first-order valence-corrected chi connectivity index (χ1v) is 5.89. The summed E-state index contributed by atoms with van der Waals surface area (Å²) in [5, 5.41) is 0. The van der Waals surface area contributed by atoms with Crippen molar-refractivity contribution in [1.29, 1.82) is 0 Å². The molecule has 2 heterocycles. The van der Waals surface area contributed by atoms with Gasteiger partial charge in [-0.2, -0.15) is 0 Å². The van der Waals surface area contributed by atoms with Crippen LogP contribution >= 0.6 is 11.3 Å². The Balaban J connectivity index is 2.17. The van der Waals surface area contributed by atoms with Gasteiger partial charge in [0, 0.05) is 17.1 Å². The molecule has 17 heavy (non-hydrogen) atoms. The number of hydrogen-bond donors (Lipinski definition) is 1. The van der Waals surface area contributed by atoms with Crippen LogP contribution in [0, 0.1) is 11.8 Å². The molecule has 2 N–H and O–H groups in total. The maximum Gasteiger partial charge on any atom is 0.253 e. The molecule has 0 saturated heterocycles. The van der Waals surface area contributed by atoms with E-state index in [9.17, 15) is 4.79 Å². The van der Waals surface area contributed by atoms with E-state index in [4.69, 9.17) is 5.73 Å². The highest BCUT2D eigenvalue weighted by molar-refractivity contribution is 7.12. The van der Waals surface area contributed by atoms with Gasteiger partial charge in [-0.15, -0.1) is 11.3 Å². The molecule has 0 aliphatic heterocycles. The van der Waals surface area contributed by atoms with E-state index in [0.29, 0.717) is 13.1 Å². The van der Waals surface area contributed by atoms with Crippen LogP contribution in [0.4, 0.5) is 0 Å². The Morgan fingerprint density at radius 2 is 2.29 bits per heavy atom. The van der Waals surface area contributed by atoms with Crippen LogP contribution < -0.4 is 11.3 Å². The average Bonchev–Trinajstić information content (AvgIpc) is 2.77. The van der Waals surface area contributed by atoms with Gasteiger partial charge >= 0.3 is 0 Å². The lowest BCUT2D eigenvalue weighted by Gasteiger charge is -2.00. The Hall–Kier alpha value is -1.90. The zero-order valence-electron chi connectivity index (χ0n) is 9.09. The minimum absolute atomic E-state index is 0.0528. The molecule has 0 spiro atoms. The van der Waals surface area contributed by atoms with Gasteiger partial charge in [0.25, 0.3) is 5.56 Å². The molecule has 0 unspecified atom stereocenters. The third-order valence-corrected chi connectivity index (χ3v) is 3.08.